The Morgan fingerprint density at radius 2 is 1.77 bits per heavy atom. The standard InChI is InChI=1S/C30H32N4O4S/c35-30-28(26-18-25(12-13-27(26)33-30)39(36,37)31-19-21-6-7-21)29(23-4-2-1-3-5-23)32-24-10-8-22(9-11-24)20-34-14-16-38-17-15-34/h1-5,8-13,18,21,31,33,35H,6-7,14-17,19-20H2. The molecule has 1 aliphatic heterocycles. The van der Waals surface area contributed by atoms with Crippen LogP contribution in [0.3, 0.4) is 0 Å². The highest BCUT2D eigenvalue weighted by Gasteiger charge is 2.26. The molecule has 0 unspecified atom stereocenters. The lowest BCUT2D eigenvalue weighted by atomic mass is 10.0. The van der Waals surface area contributed by atoms with Crippen LogP contribution in [0.2, 0.25) is 0 Å². The number of nitrogens with zero attached hydrogens (tertiary/aromatic N) is 2. The molecule has 202 valence electrons. The zero-order chi connectivity index (χ0) is 26.8. The van der Waals surface area contributed by atoms with E-state index in [-0.39, 0.29) is 10.8 Å². The molecule has 0 atom stereocenters. The number of rotatable bonds is 9. The van der Waals surface area contributed by atoms with Gasteiger partial charge in [0.25, 0.3) is 0 Å². The molecule has 3 aromatic carbocycles. The number of nitrogens with one attached hydrogen (secondary N) is 2. The first-order chi connectivity index (χ1) is 19.0. The Balaban J connectivity index is 1.38. The molecule has 2 heterocycles. The Labute approximate surface area is 228 Å². The number of aromatic amines is 1. The van der Waals surface area contributed by atoms with Gasteiger partial charge in [-0.1, -0.05) is 42.5 Å². The highest BCUT2D eigenvalue weighted by molar-refractivity contribution is 7.89. The van der Waals surface area contributed by atoms with Crippen molar-refractivity contribution in [1.82, 2.24) is 14.6 Å². The first kappa shape index (κ1) is 25.8. The number of hydrogen-bond acceptors (Lipinski definition) is 6. The summed E-state index contributed by atoms with van der Waals surface area (Å²) in [5.41, 5.74) is 4.40. The maximum Gasteiger partial charge on any atom is 0.240 e. The van der Waals surface area contributed by atoms with E-state index in [1.165, 1.54) is 5.56 Å². The lowest BCUT2D eigenvalue weighted by Gasteiger charge is -2.26. The van der Waals surface area contributed by atoms with Crippen molar-refractivity contribution in [1.29, 1.82) is 0 Å². The number of hydrogen-bond donors (Lipinski definition) is 3. The van der Waals surface area contributed by atoms with Gasteiger partial charge in [0.15, 0.2) is 5.88 Å². The van der Waals surface area contributed by atoms with E-state index in [0.717, 1.165) is 56.9 Å². The van der Waals surface area contributed by atoms with Gasteiger partial charge in [-0.2, -0.15) is 0 Å². The molecule has 0 radical (unpaired) electrons. The fraction of sp³-hybridized carbons (Fsp3) is 0.300. The summed E-state index contributed by atoms with van der Waals surface area (Å²) in [5.74, 6) is 0.365. The zero-order valence-electron chi connectivity index (χ0n) is 21.6. The molecular formula is C30H32N4O4S. The van der Waals surface area contributed by atoms with Gasteiger partial charge in [0, 0.05) is 42.6 Å². The van der Waals surface area contributed by atoms with Crippen LogP contribution in [0.4, 0.5) is 5.69 Å². The number of ether oxygens (including phenoxy) is 1. The number of H-pyrrole nitrogens is 1. The third-order valence-electron chi connectivity index (χ3n) is 7.29. The minimum atomic E-state index is -3.68. The van der Waals surface area contributed by atoms with Crippen molar-refractivity contribution < 1.29 is 18.3 Å². The average molecular weight is 545 g/mol. The molecule has 4 aromatic rings. The van der Waals surface area contributed by atoms with Gasteiger partial charge in [0.1, 0.15) is 0 Å². The minimum Gasteiger partial charge on any atom is -0.494 e. The Morgan fingerprint density at radius 1 is 1.03 bits per heavy atom. The van der Waals surface area contributed by atoms with Crippen molar-refractivity contribution in [3.8, 4) is 5.88 Å². The summed E-state index contributed by atoms with van der Waals surface area (Å²) in [5, 5.41) is 11.6. The molecule has 2 aliphatic rings. The predicted octanol–water partition coefficient (Wildman–Crippen LogP) is 4.56. The summed E-state index contributed by atoms with van der Waals surface area (Å²) >= 11 is 0. The van der Waals surface area contributed by atoms with Crippen molar-refractivity contribution in [2.75, 3.05) is 32.8 Å². The van der Waals surface area contributed by atoms with Crippen LogP contribution in [0.5, 0.6) is 5.88 Å². The quantitative estimate of drug-likeness (QED) is 0.268. The SMILES string of the molecule is O=S(=O)(NCC1CC1)c1ccc2[nH]c(O)c(C(=Nc3ccc(CN4CCOCC4)cc3)c3ccccc3)c2c1. The maximum absolute atomic E-state index is 13.0. The maximum atomic E-state index is 13.0. The van der Waals surface area contributed by atoms with Gasteiger partial charge in [-0.05, 0) is 54.7 Å². The summed E-state index contributed by atoms with van der Waals surface area (Å²) < 4.78 is 34.2. The molecule has 1 saturated heterocycles. The molecule has 0 amide bonds. The average Bonchev–Trinajstić information content (AvgIpc) is 3.73. The van der Waals surface area contributed by atoms with Gasteiger partial charge in [-0.3, -0.25) is 4.90 Å². The highest BCUT2D eigenvalue weighted by Crippen LogP contribution is 2.33. The number of fused-ring (bicyclic) bond motifs is 1. The van der Waals surface area contributed by atoms with Crippen molar-refractivity contribution >= 4 is 32.3 Å². The fourth-order valence-electron chi connectivity index (χ4n) is 4.88. The molecule has 8 nitrogen and oxygen atoms in total. The second-order valence-corrected chi connectivity index (χ2v) is 12.0. The first-order valence-electron chi connectivity index (χ1n) is 13.3. The van der Waals surface area contributed by atoms with Gasteiger partial charge < -0.3 is 14.8 Å². The largest absolute Gasteiger partial charge is 0.494 e. The van der Waals surface area contributed by atoms with Gasteiger partial charge in [-0.15, -0.1) is 0 Å². The van der Waals surface area contributed by atoms with Crippen LogP contribution < -0.4 is 4.72 Å². The second-order valence-electron chi connectivity index (χ2n) is 10.2. The molecule has 0 bridgehead atoms. The monoisotopic (exact) mass is 544 g/mol. The molecule has 2 fully saturated rings. The Bertz CT molecular complexity index is 1590. The van der Waals surface area contributed by atoms with E-state index >= 15 is 0 Å². The smallest absolute Gasteiger partial charge is 0.240 e. The normalized spacial score (nSPS) is 17.1. The topological polar surface area (TPSA) is 107 Å². The van der Waals surface area contributed by atoms with E-state index in [1.807, 2.05) is 42.5 Å². The summed E-state index contributed by atoms with van der Waals surface area (Å²) in [6.45, 7) is 4.67. The van der Waals surface area contributed by atoms with E-state index in [2.05, 4.69) is 26.7 Å². The summed E-state index contributed by atoms with van der Waals surface area (Å²) in [6.07, 6.45) is 2.12. The van der Waals surface area contributed by atoms with Crippen LogP contribution in [0.15, 0.2) is 82.7 Å². The van der Waals surface area contributed by atoms with E-state index in [0.29, 0.717) is 34.6 Å². The second kappa shape index (κ2) is 10.9. The Hall–Kier alpha value is -3.50. The molecule has 6 rings (SSSR count). The van der Waals surface area contributed by atoms with Crippen LogP contribution in [0, 0.1) is 5.92 Å². The Kier molecular flexibility index (Phi) is 7.22. The van der Waals surface area contributed by atoms with Gasteiger partial charge >= 0.3 is 0 Å². The zero-order valence-corrected chi connectivity index (χ0v) is 22.5. The molecule has 9 heteroatoms. The minimum absolute atomic E-state index is 0.0583. The molecule has 0 spiro atoms. The molecule has 1 aliphatic carbocycles. The molecular weight excluding hydrogens is 512 g/mol. The number of sulfonamides is 1. The first-order valence-corrected chi connectivity index (χ1v) is 14.8. The number of aromatic hydroxyl groups is 1. The van der Waals surface area contributed by atoms with Crippen molar-refractivity contribution in [3.63, 3.8) is 0 Å². The van der Waals surface area contributed by atoms with Crippen LogP contribution in [-0.2, 0) is 21.3 Å². The highest BCUT2D eigenvalue weighted by atomic mass is 32.2. The number of aliphatic imine (C=N–C) groups is 1. The predicted molar refractivity (Wildman–Crippen MR) is 152 cm³/mol. The molecule has 1 saturated carbocycles. The summed E-state index contributed by atoms with van der Waals surface area (Å²) in [4.78, 5) is 10.5. The van der Waals surface area contributed by atoms with Gasteiger partial charge in [0.05, 0.1) is 35.1 Å². The van der Waals surface area contributed by atoms with Crippen molar-refractivity contribution in [3.05, 3.63) is 89.5 Å². The van der Waals surface area contributed by atoms with E-state index < -0.39 is 10.0 Å². The lowest BCUT2D eigenvalue weighted by Crippen LogP contribution is -2.35. The number of morpholine rings is 1. The van der Waals surface area contributed by atoms with Gasteiger partial charge in [-0.25, -0.2) is 18.1 Å². The van der Waals surface area contributed by atoms with Crippen molar-refractivity contribution in [2.45, 2.75) is 24.3 Å². The summed E-state index contributed by atoms with van der Waals surface area (Å²) in [6, 6.07) is 22.6. The van der Waals surface area contributed by atoms with Crippen LogP contribution in [0.1, 0.15) is 29.5 Å². The van der Waals surface area contributed by atoms with Crippen LogP contribution in [-0.4, -0.2) is 62.0 Å². The van der Waals surface area contributed by atoms with E-state index in [9.17, 15) is 13.5 Å². The van der Waals surface area contributed by atoms with Gasteiger partial charge in [0.2, 0.25) is 10.0 Å². The number of aromatic nitrogens is 1. The molecule has 3 N–H and O–H groups in total. The molecule has 39 heavy (non-hydrogen) atoms. The van der Waals surface area contributed by atoms with E-state index in [1.54, 1.807) is 18.2 Å². The fourth-order valence-corrected chi connectivity index (χ4v) is 6.02. The van der Waals surface area contributed by atoms with Crippen LogP contribution >= 0.6 is 0 Å². The third kappa shape index (κ3) is 5.91. The summed E-state index contributed by atoms with van der Waals surface area (Å²) in [7, 11) is -3.68. The number of benzene rings is 3. The Morgan fingerprint density at radius 3 is 2.49 bits per heavy atom. The van der Waals surface area contributed by atoms with E-state index in [4.69, 9.17) is 9.73 Å². The van der Waals surface area contributed by atoms with Crippen LogP contribution in [0.25, 0.3) is 10.9 Å². The molecule has 1 aromatic heterocycles. The third-order valence-corrected chi connectivity index (χ3v) is 8.71. The van der Waals surface area contributed by atoms with Crippen molar-refractivity contribution in [2.24, 2.45) is 10.9 Å². The lowest BCUT2D eigenvalue weighted by molar-refractivity contribution is 0.0342.